The van der Waals surface area contributed by atoms with Crippen LogP contribution in [0, 0.1) is 0 Å². The molecule has 3 N–H and O–H groups in total. The molecule has 1 unspecified atom stereocenters. The molecule has 0 radical (unpaired) electrons. The van der Waals surface area contributed by atoms with Gasteiger partial charge in [-0.1, -0.05) is 0 Å². The van der Waals surface area contributed by atoms with Crippen molar-refractivity contribution in [3.8, 4) is 11.4 Å². The van der Waals surface area contributed by atoms with E-state index in [0.29, 0.717) is 41.9 Å². The lowest BCUT2D eigenvalue weighted by atomic mass is 10.1. The quantitative estimate of drug-likeness (QED) is 0.419. The Balaban J connectivity index is 1.08. The number of carbonyl (C=O) groups excluding carboxylic acids is 2. The van der Waals surface area contributed by atoms with Gasteiger partial charge >= 0.3 is 6.03 Å². The summed E-state index contributed by atoms with van der Waals surface area (Å²) < 4.78 is 5.49. The summed E-state index contributed by atoms with van der Waals surface area (Å²) in [5.41, 5.74) is 2.69. The van der Waals surface area contributed by atoms with E-state index in [0.717, 1.165) is 63.6 Å². The molecule has 1 atom stereocenters. The monoisotopic (exact) mass is 557 g/mol. The van der Waals surface area contributed by atoms with E-state index >= 15 is 0 Å². The number of amides is 3. The van der Waals surface area contributed by atoms with E-state index in [9.17, 15) is 9.59 Å². The number of morpholine rings is 1. The third kappa shape index (κ3) is 6.45. The number of carbonyl (C=O) groups is 2. The van der Waals surface area contributed by atoms with E-state index in [2.05, 4.69) is 32.8 Å². The first kappa shape index (κ1) is 27.1. The lowest BCUT2D eigenvalue weighted by Gasteiger charge is -2.32. The number of hydrogen-bond donors (Lipinski definition) is 3. The van der Waals surface area contributed by atoms with Gasteiger partial charge in [0, 0.05) is 61.8 Å². The number of benzene rings is 2. The summed E-state index contributed by atoms with van der Waals surface area (Å²) in [5.74, 6) is 2.04. The van der Waals surface area contributed by atoms with Gasteiger partial charge in [0.15, 0.2) is 11.6 Å². The number of aromatic nitrogens is 3. The number of nitrogens with zero attached hydrogens (tertiary/aromatic N) is 6. The van der Waals surface area contributed by atoms with Crippen LogP contribution in [0.1, 0.15) is 28.6 Å². The highest BCUT2D eigenvalue weighted by molar-refractivity contribution is 6.00. The molecule has 0 saturated carbocycles. The highest BCUT2D eigenvalue weighted by atomic mass is 16.5. The number of nitrogens with one attached hydrogen (secondary N) is 3. The van der Waals surface area contributed by atoms with Gasteiger partial charge in [-0.15, -0.1) is 0 Å². The smallest absolute Gasteiger partial charge is 0.323 e. The summed E-state index contributed by atoms with van der Waals surface area (Å²) in [7, 11) is 2.06. The molecule has 3 aromatic rings. The molecule has 0 aliphatic carbocycles. The number of ether oxygens (including phenoxy) is 1. The zero-order valence-corrected chi connectivity index (χ0v) is 23.2. The minimum Gasteiger partial charge on any atom is -0.378 e. The first-order chi connectivity index (χ1) is 20.0. The summed E-state index contributed by atoms with van der Waals surface area (Å²) >= 11 is 0. The Morgan fingerprint density at radius 3 is 2.10 bits per heavy atom. The zero-order chi connectivity index (χ0) is 28.2. The molecule has 0 spiro atoms. The Kier molecular flexibility index (Phi) is 8.03. The van der Waals surface area contributed by atoms with Gasteiger partial charge in [0.25, 0.3) is 5.91 Å². The van der Waals surface area contributed by atoms with Gasteiger partial charge in [-0.3, -0.25) is 4.79 Å². The lowest BCUT2D eigenvalue weighted by Crippen LogP contribution is -2.47. The second-order valence-corrected chi connectivity index (χ2v) is 10.5. The van der Waals surface area contributed by atoms with Gasteiger partial charge in [0.2, 0.25) is 5.95 Å². The van der Waals surface area contributed by atoms with Crippen LogP contribution in [0.2, 0.25) is 0 Å². The van der Waals surface area contributed by atoms with Crippen molar-refractivity contribution in [3.05, 3.63) is 59.9 Å². The van der Waals surface area contributed by atoms with Crippen molar-refractivity contribution in [2.75, 3.05) is 81.6 Å². The zero-order valence-electron chi connectivity index (χ0n) is 23.2. The van der Waals surface area contributed by atoms with Gasteiger partial charge in [-0.2, -0.15) is 9.97 Å². The molecular weight excluding hydrogens is 522 g/mol. The van der Waals surface area contributed by atoms with Crippen molar-refractivity contribution in [1.29, 1.82) is 0 Å². The van der Waals surface area contributed by atoms with Crippen LogP contribution in [0.4, 0.5) is 22.1 Å². The molecule has 3 amide bonds. The van der Waals surface area contributed by atoms with Crippen molar-refractivity contribution < 1.29 is 14.3 Å². The molecule has 12 nitrogen and oxygen atoms in total. The second-order valence-electron chi connectivity index (χ2n) is 10.5. The number of rotatable bonds is 6. The number of hydrogen-bond acceptors (Lipinski definition) is 9. The molecule has 41 heavy (non-hydrogen) atoms. The summed E-state index contributed by atoms with van der Waals surface area (Å²) in [6.45, 7) is 6.93. The van der Waals surface area contributed by atoms with Crippen LogP contribution >= 0.6 is 0 Å². The maximum absolute atomic E-state index is 12.8. The highest BCUT2D eigenvalue weighted by Crippen LogP contribution is 2.26. The van der Waals surface area contributed by atoms with Gasteiger partial charge in [-0.05, 0) is 68.5 Å². The van der Waals surface area contributed by atoms with Gasteiger partial charge in [-0.25, -0.2) is 9.78 Å². The number of likely N-dealkylation sites (N-methyl/N-ethyl adjacent to an activating group) is 1. The van der Waals surface area contributed by atoms with Crippen LogP contribution in [0.5, 0.6) is 0 Å². The van der Waals surface area contributed by atoms with Crippen LogP contribution in [-0.4, -0.2) is 103 Å². The minimum absolute atomic E-state index is 0.0144. The fourth-order valence-corrected chi connectivity index (χ4v) is 4.96. The maximum atomic E-state index is 12.8. The fourth-order valence-electron chi connectivity index (χ4n) is 4.96. The van der Waals surface area contributed by atoms with Crippen LogP contribution in [0.15, 0.2) is 48.5 Å². The second kappa shape index (κ2) is 12.2. The molecule has 1 aromatic heterocycles. The standard InChI is InChI=1S/C29H35N9O3/c1-36-12-14-37(15-13-36)27(39)21-4-8-23(9-5-21)32-29(40)31-22-6-2-20(3-7-22)25-33-26(24-10-11-30-24)35-28(34-25)38-16-18-41-19-17-38/h2-9,24,30H,10-19H2,1H3,(H2,31,32,40). The summed E-state index contributed by atoms with van der Waals surface area (Å²) in [5, 5.41) is 9.06. The van der Waals surface area contributed by atoms with E-state index in [1.165, 1.54) is 0 Å². The molecular formula is C29H35N9O3. The highest BCUT2D eigenvalue weighted by Gasteiger charge is 2.25. The van der Waals surface area contributed by atoms with Crippen molar-refractivity contribution >= 4 is 29.3 Å². The normalized spacial score (nSPS) is 19.4. The largest absolute Gasteiger partial charge is 0.378 e. The molecule has 3 aliphatic heterocycles. The molecule has 3 aliphatic rings. The van der Waals surface area contributed by atoms with Crippen molar-refractivity contribution in [2.45, 2.75) is 12.5 Å². The van der Waals surface area contributed by atoms with E-state index in [4.69, 9.17) is 19.7 Å². The van der Waals surface area contributed by atoms with Crippen molar-refractivity contribution in [1.82, 2.24) is 30.1 Å². The predicted molar refractivity (Wildman–Crippen MR) is 156 cm³/mol. The molecule has 0 bridgehead atoms. The van der Waals surface area contributed by atoms with Crippen LogP contribution in [-0.2, 0) is 4.74 Å². The van der Waals surface area contributed by atoms with Gasteiger partial charge in [0.1, 0.15) is 0 Å². The average Bonchev–Trinajstić information content (AvgIpc) is 2.97. The molecule has 214 valence electrons. The molecule has 12 heteroatoms. The molecule has 4 heterocycles. The summed E-state index contributed by atoms with van der Waals surface area (Å²) in [4.78, 5) is 45.9. The van der Waals surface area contributed by atoms with E-state index in [1.807, 2.05) is 29.2 Å². The number of anilines is 3. The topological polar surface area (TPSA) is 128 Å². The average molecular weight is 558 g/mol. The number of piperazine rings is 1. The van der Waals surface area contributed by atoms with Gasteiger partial charge < -0.3 is 35.4 Å². The Bertz CT molecular complexity index is 1370. The van der Waals surface area contributed by atoms with Crippen LogP contribution in [0.25, 0.3) is 11.4 Å². The van der Waals surface area contributed by atoms with E-state index in [1.54, 1.807) is 24.3 Å². The minimum atomic E-state index is -0.371. The lowest BCUT2D eigenvalue weighted by molar-refractivity contribution is 0.0664. The van der Waals surface area contributed by atoms with Gasteiger partial charge in [0.05, 0.1) is 19.3 Å². The Labute approximate surface area is 239 Å². The summed E-state index contributed by atoms with van der Waals surface area (Å²) in [6, 6.07) is 14.2. The molecule has 3 saturated heterocycles. The molecule has 3 fully saturated rings. The Morgan fingerprint density at radius 2 is 1.49 bits per heavy atom. The molecule has 2 aromatic carbocycles. The van der Waals surface area contributed by atoms with Crippen LogP contribution < -0.4 is 20.9 Å². The van der Waals surface area contributed by atoms with E-state index in [-0.39, 0.29) is 18.0 Å². The first-order valence-electron chi connectivity index (χ1n) is 14.1. The number of urea groups is 1. The van der Waals surface area contributed by atoms with Crippen molar-refractivity contribution in [2.24, 2.45) is 0 Å². The van der Waals surface area contributed by atoms with E-state index < -0.39 is 0 Å². The maximum Gasteiger partial charge on any atom is 0.323 e. The summed E-state index contributed by atoms with van der Waals surface area (Å²) in [6.07, 6.45) is 0.999. The Morgan fingerprint density at radius 1 is 0.854 bits per heavy atom. The Hall–Kier alpha value is -4.13. The third-order valence-electron chi connectivity index (χ3n) is 7.65. The molecule has 6 rings (SSSR count). The fraction of sp³-hybridized carbons (Fsp3) is 0.414. The first-order valence-corrected chi connectivity index (χ1v) is 14.1. The van der Waals surface area contributed by atoms with Crippen molar-refractivity contribution in [3.63, 3.8) is 0 Å². The van der Waals surface area contributed by atoms with Crippen LogP contribution in [0.3, 0.4) is 0 Å². The third-order valence-corrected chi connectivity index (χ3v) is 7.65. The predicted octanol–water partition coefficient (Wildman–Crippen LogP) is 2.44. The SMILES string of the molecule is CN1CCN(C(=O)c2ccc(NC(=O)Nc3ccc(-c4nc(C5CCN5)nc(N5CCOCC5)n4)cc3)cc2)CC1.